The van der Waals surface area contributed by atoms with E-state index in [9.17, 15) is 4.79 Å². The first kappa shape index (κ1) is 12.2. The first-order chi connectivity index (χ1) is 8.26. The normalized spacial score (nSPS) is 22.0. The second kappa shape index (κ2) is 5.40. The first-order valence-corrected chi connectivity index (χ1v) is 6.24. The summed E-state index contributed by atoms with van der Waals surface area (Å²) in [4.78, 5) is 15.9. The Labute approximate surface area is 101 Å². The lowest BCUT2D eigenvalue weighted by molar-refractivity contribution is -0.119. The summed E-state index contributed by atoms with van der Waals surface area (Å²) in [6.07, 6.45) is 3.04. The minimum absolute atomic E-state index is 0.131. The molecule has 0 aliphatic heterocycles. The van der Waals surface area contributed by atoms with Crippen LogP contribution in [0.4, 0.5) is 0 Å². The Bertz CT molecular complexity index is 389. The van der Waals surface area contributed by atoms with Gasteiger partial charge in [-0.15, -0.1) is 0 Å². The van der Waals surface area contributed by atoms with Crippen LogP contribution in [0.1, 0.15) is 63.3 Å². The Balaban J connectivity index is 2.11. The quantitative estimate of drug-likeness (QED) is 0.788. The Morgan fingerprint density at radius 2 is 2.35 bits per heavy atom. The van der Waals surface area contributed by atoms with E-state index in [0.29, 0.717) is 24.7 Å². The van der Waals surface area contributed by atoms with Crippen LogP contribution in [0.5, 0.6) is 0 Å². The number of nitrogens with zero attached hydrogens (tertiary/aromatic N) is 2. The molecule has 17 heavy (non-hydrogen) atoms. The van der Waals surface area contributed by atoms with Crippen molar-refractivity contribution in [3.63, 3.8) is 0 Å². The standard InChI is InChI=1S/C12H18N2O3/c1-3-10(16-4-2)11-13-12(17-14-11)8-6-5-7-9(8)15/h8,10H,3-7H2,1-2H3. The van der Waals surface area contributed by atoms with Gasteiger partial charge in [-0.25, -0.2) is 0 Å². The van der Waals surface area contributed by atoms with Gasteiger partial charge in [-0.05, 0) is 26.2 Å². The maximum atomic E-state index is 11.6. The van der Waals surface area contributed by atoms with Gasteiger partial charge in [-0.1, -0.05) is 12.1 Å². The van der Waals surface area contributed by atoms with E-state index in [0.717, 1.165) is 19.3 Å². The van der Waals surface area contributed by atoms with Gasteiger partial charge < -0.3 is 9.26 Å². The SMILES string of the molecule is CCOC(CC)c1noc(C2CCCC2=O)n1. The molecule has 5 nitrogen and oxygen atoms in total. The van der Waals surface area contributed by atoms with Gasteiger partial charge >= 0.3 is 0 Å². The van der Waals surface area contributed by atoms with Crippen LogP contribution < -0.4 is 0 Å². The third-order valence-electron chi connectivity index (χ3n) is 3.09. The zero-order valence-electron chi connectivity index (χ0n) is 10.3. The maximum absolute atomic E-state index is 11.6. The molecule has 0 N–H and O–H groups in total. The molecule has 1 aliphatic rings. The van der Waals surface area contributed by atoms with Gasteiger partial charge in [-0.2, -0.15) is 4.98 Å². The number of rotatable bonds is 5. The first-order valence-electron chi connectivity index (χ1n) is 6.24. The van der Waals surface area contributed by atoms with Crippen LogP contribution in [0.15, 0.2) is 4.52 Å². The predicted molar refractivity (Wildman–Crippen MR) is 60.6 cm³/mol. The van der Waals surface area contributed by atoms with Gasteiger partial charge in [0.1, 0.15) is 11.9 Å². The lowest BCUT2D eigenvalue weighted by atomic mass is 10.1. The van der Waals surface area contributed by atoms with E-state index < -0.39 is 0 Å². The van der Waals surface area contributed by atoms with Crippen LogP contribution in [0.3, 0.4) is 0 Å². The molecule has 5 heteroatoms. The summed E-state index contributed by atoms with van der Waals surface area (Å²) >= 11 is 0. The second-order valence-corrected chi connectivity index (χ2v) is 4.25. The van der Waals surface area contributed by atoms with E-state index in [2.05, 4.69) is 10.1 Å². The van der Waals surface area contributed by atoms with E-state index in [1.54, 1.807) is 0 Å². The van der Waals surface area contributed by atoms with Crippen molar-refractivity contribution in [3.05, 3.63) is 11.7 Å². The third kappa shape index (κ3) is 2.54. The summed E-state index contributed by atoms with van der Waals surface area (Å²) in [6, 6.07) is 0. The van der Waals surface area contributed by atoms with Gasteiger partial charge in [0, 0.05) is 13.0 Å². The van der Waals surface area contributed by atoms with Crippen LogP contribution in [-0.2, 0) is 9.53 Å². The summed E-state index contributed by atoms with van der Waals surface area (Å²) in [5, 5.41) is 3.92. The fraction of sp³-hybridized carbons (Fsp3) is 0.750. The number of carbonyl (C=O) groups excluding carboxylic acids is 1. The molecule has 0 spiro atoms. The number of ketones is 1. The van der Waals surface area contributed by atoms with Crippen LogP contribution in [-0.4, -0.2) is 22.5 Å². The molecule has 0 aromatic carbocycles. The molecule has 1 fully saturated rings. The summed E-state index contributed by atoms with van der Waals surface area (Å²) < 4.78 is 10.7. The number of ether oxygens (including phenoxy) is 1. The smallest absolute Gasteiger partial charge is 0.237 e. The molecule has 1 aromatic heterocycles. The van der Waals surface area contributed by atoms with E-state index >= 15 is 0 Å². The van der Waals surface area contributed by atoms with Crippen molar-refractivity contribution in [3.8, 4) is 0 Å². The lowest BCUT2D eigenvalue weighted by Crippen LogP contribution is -2.07. The summed E-state index contributed by atoms with van der Waals surface area (Å²) in [6.45, 7) is 4.56. The van der Waals surface area contributed by atoms with Crippen LogP contribution >= 0.6 is 0 Å². The average Bonchev–Trinajstić information content (AvgIpc) is 2.94. The molecule has 0 saturated heterocycles. The van der Waals surface area contributed by atoms with Crippen LogP contribution in [0.25, 0.3) is 0 Å². The minimum Gasteiger partial charge on any atom is -0.370 e. The van der Waals surface area contributed by atoms with Crippen LogP contribution in [0, 0.1) is 0 Å². The van der Waals surface area contributed by atoms with Crippen molar-refractivity contribution in [2.45, 2.75) is 51.6 Å². The van der Waals surface area contributed by atoms with Crippen molar-refractivity contribution in [1.82, 2.24) is 10.1 Å². The molecular formula is C12H18N2O3. The van der Waals surface area contributed by atoms with Crippen molar-refractivity contribution in [1.29, 1.82) is 0 Å². The maximum Gasteiger partial charge on any atom is 0.237 e. The lowest BCUT2D eigenvalue weighted by Gasteiger charge is -2.09. The van der Waals surface area contributed by atoms with E-state index in [-0.39, 0.29) is 17.8 Å². The highest BCUT2D eigenvalue weighted by Crippen LogP contribution is 2.31. The highest BCUT2D eigenvalue weighted by molar-refractivity contribution is 5.86. The summed E-state index contributed by atoms with van der Waals surface area (Å²) in [7, 11) is 0. The zero-order valence-corrected chi connectivity index (χ0v) is 10.3. The van der Waals surface area contributed by atoms with Gasteiger partial charge in [0.15, 0.2) is 0 Å². The van der Waals surface area contributed by atoms with Crippen molar-refractivity contribution in [2.24, 2.45) is 0 Å². The van der Waals surface area contributed by atoms with Gasteiger partial charge in [0.25, 0.3) is 0 Å². The molecule has 1 saturated carbocycles. The Kier molecular flexibility index (Phi) is 3.89. The van der Waals surface area contributed by atoms with E-state index in [1.165, 1.54) is 0 Å². The van der Waals surface area contributed by atoms with Gasteiger partial charge in [0.05, 0.1) is 5.92 Å². The molecule has 0 bridgehead atoms. The number of hydrogen-bond donors (Lipinski definition) is 0. The fourth-order valence-corrected chi connectivity index (χ4v) is 2.17. The average molecular weight is 238 g/mol. The van der Waals surface area contributed by atoms with Crippen molar-refractivity contribution in [2.75, 3.05) is 6.61 Å². The number of Topliss-reactive ketones (excluding diaryl/α,β-unsaturated/α-hetero) is 1. The largest absolute Gasteiger partial charge is 0.370 e. The number of hydrogen-bond acceptors (Lipinski definition) is 5. The second-order valence-electron chi connectivity index (χ2n) is 4.25. The summed E-state index contributed by atoms with van der Waals surface area (Å²) in [5.74, 6) is 1.05. The monoisotopic (exact) mass is 238 g/mol. The zero-order chi connectivity index (χ0) is 12.3. The molecular weight excluding hydrogens is 220 g/mol. The Morgan fingerprint density at radius 1 is 1.53 bits per heavy atom. The van der Waals surface area contributed by atoms with Gasteiger partial charge in [0.2, 0.25) is 11.7 Å². The molecule has 2 unspecified atom stereocenters. The predicted octanol–water partition coefficient (Wildman–Crippen LogP) is 2.39. The molecule has 0 amide bonds. The molecule has 94 valence electrons. The third-order valence-corrected chi connectivity index (χ3v) is 3.09. The van der Waals surface area contributed by atoms with Crippen molar-refractivity contribution >= 4 is 5.78 Å². The topological polar surface area (TPSA) is 65.2 Å². The molecule has 1 aromatic rings. The minimum atomic E-state index is -0.185. The molecule has 1 heterocycles. The summed E-state index contributed by atoms with van der Waals surface area (Å²) in [5.41, 5.74) is 0. The van der Waals surface area contributed by atoms with E-state index in [1.807, 2.05) is 13.8 Å². The molecule has 1 aliphatic carbocycles. The molecule has 0 radical (unpaired) electrons. The highest BCUT2D eigenvalue weighted by Gasteiger charge is 2.31. The van der Waals surface area contributed by atoms with E-state index in [4.69, 9.17) is 9.26 Å². The Hall–Kier alpha value is -1.23. The Morgan fingerprint density at radius 3 is 2.94 bits per heavy atom. The molecule has 2 atom stereocenters. The van der Waals surface area contributed by atoms with Crippen LogP contribution in [0.2, 0.25) is 0 Å². The number of aromatic nitrogens is 2. The number of carbonyl (C=O) groups is 1. The van der Waals surface area contributed by atoms with Gasteiger partial charge in [-0.3, -0.25) is 4.79 Å². The van der Waals surface area contributed by atoms with Crippen molar-refractivity contribution < 1.29 is 14.1 Å². The fourth-order valence-electron chi connectivity index (χ4n) is 2.17. The highest BCUT2D eigenvalue weighted by atomic mass is 16.5. The molecule has 2 rings (SSSR count).